The molecule has 1 atom stereocenters. The third-order valence-corrected chi connectivity index (χ3v) is 4.58. The maximum absolute atomic E-state index is 11.0. The summed E-state index contributed by atoms with van der Waals surface area (Å²) in [7, 11) is 0. The molecule has 0 aliphatic heterocycles. The third-order valence-electron chi connectivity index (χ3n) is 3.97. The van der Waals surface area contributed by atoms with Crippen molar-refractivity contribution in [2.45, 2.75) is 45.1 Å². The number of nitrogens with one attached hydrogen (secondary N) is 1. The summed E-state index contributed by atoms with van der Waals surface area (Å²) in [5.74, 6) is -0.994. The fraction of sp³-hybridized carbons (Fsp3) is 0.368. The van der Waals surface area contributed by atoms with Crippen LogP contribution in [0.3, 0.4) is 0 Å². The fourth-order valence-corrected chi connectivity index (χ4v) is 2.91. The molecule has 8 nitrogen and oxygen atoms in total. The standard InChI is InChI=1S/C10H6Cl2N2O2.C9H17NO3/c11-8-3-1-2-6(10(8)14(15)16)7-4-13-5-9(7)12;1-7(10)8(11)5-3-2-4-6-9(12)13/h1-5,13H;7H,2-6,10H2,1H3,(H,12,13)/p-1. The van der Waals surface area contributed by atoms with E-state index in [4.69, 9.17) is 28.9 Å². The number of nitrogens with two attached hydrogens (primary N) is 1. The summed E-state index contributed by atoms with van der Waals surface area (Å²) in [5, 5.41) is 21.4. The number of aromatic nitrogens is 1. The molecule has 2 aromatic rings. The molecule has 0 spiro atoms. The number of aromatic amines is 1. The molecule has 0 bridgehead atoms. The molecule has 1 aromatic heterocycles. The second-order valence-corrected chi connectivity index (χ2v) is 7.11. The maximum Gasteiger partial charge on any atom is 0.295 e. The summed E-state index contributed by atoms with van der Waals surface area (Å²) in [6.07, 6.45) is 5.72. The van der Waals surface area contributed by atoms with E-state index in [1.165, 1.54) is 6.07 Å². The van der Waals surface area contributed by atoms with Crippen molar-refractivity contribution in [1.82, 2.24) is 4.98 Å². The van der Waals surface area contributed by atoms with Gasteiger partial charge in [-0.2, -0.15) is 0 Å². The number of aliphatic carboxylic acids is 1. The van der Waals surface area contributed by atoms with Gasteiger partial charge in [0.2, 0.25) is 0 Å². The van der Waals surface area contributed by atoms with Crippen molar-refractivity contribution in [3.8, 4) is 11.1 Å². The lowest BCUT2D eigenvalue weighted by molar-refractivity contribution is -0.384. The highest BCUT2D eigenvalue weighted by Crippen LogP contribution is 2.38. The van der Waals surface area contributed by atoms with Gasteiger partial charge in [-0.1, -0.05) is 35.7 Å². The van der Waals surface area contributed by atoms with Crippen LogP contribution in [0.4, 0.5) is 5.69 Å². The Morgan fingerprint density at radius 1 is 1.10 bits per heavy atom. The summed E-state index contributed by atoms with van der Waals surface area (Å²) in [6, 6.07) is 4.33. The number of para-hydroxylation sites is 1. The van der Waals surface area contributed by atoms with Crippen LogP contribution in [0.5, 0.6) is 0 Å². The van der Waals surface area contributed by atoms with Gasteiger partial charge in [-0.25, -0.2) is 0 Å². The molecule has 0 aliphatic carbocycles. The second kappa shape index (κ2) is 12.2. The van der Waals surface area contributed by atoms with E-state index in [1.54, 1.807) is 31.5 Å². The number of carbonyl (C=O) groups excluding carboxylic acids is 2. The Hall–Kier alpha value is -2.42. The number of halogens is 2. The Morgan fingerprint density at radius 2 is 1.76 bits per heavy atom. The SMILES string of the molecule is CC(N)C(=O)CCCCCC(=O)[O-].O=[N+]([O-])c1c(Cl)cccc1-c1c[nH]cc1Cl. The lowest BCUT2D eigenvalue weighted by atomic mass is 10.1. The third kappa shape index (κ3) is 8.23. The molecule has 3 N–H and O–H groups in total. The molecule has 1 unspecified atom stereocenters. The van der Waals surface area contributed by atoms with Gasteiger partial charge in [0.15, 0.2) is 0 Å². The van der Waals surface area contributed by atoms with Crippen molar-refractivity contribution in [3.63, 3.8) is 0 Å². The van der Waals surface area contributed by atoms with Crippen LogP contribution in [0.25, 0.3) is 11.1 Å². The van der Waals surface area contributed by atoms with E-state index in [0.717, 1.165) is 6.42 Å². The van der Waals surface area contributed by atoms with Crippen molar-refractivity contribution in [2.75, 3.05) is 0 Å². The number of nitrogens with zero attached hydrogens (tertiary/aromatic N) is 1. The number of H-pyrrole nitrogens is 1. The zero-order valence-electron chi connectivity index (χ0n) is 15.8. The summed E-state index contributed by atoms with van der Waals surface area (Å²) in [5.41, 5.74) is 6.18. The Labute approximate surface area is 178 Å². The molecule has 10 heteroatoms. The molecule has 0 amide bonds. The zero-order valence-corrected chi connectivity index (χ0v) is 17.3. The maximum atomic E-state index is 11.0. The number of nitro benzene ring substituents is 1. The normalized spacial score (nSPS) is 11.3. The first kappa shape index (κ1) is 24.6. The van der Waals surface area contributed by atoms with Gasteiger partial charge >= 0.3 is 0 Å². The molecule has 2 rings (SSSR count). The molecule has 0 saturated heterocycles. The first-order valence-electron chi connectivity index (χ1n) is 8.88. The van der Waals surface area contributed by atoms with Gasteiger partial charge in [0, 0.05) is 30.3 Å². The van der Waals surface area contributed by atoms with Gasteiger partial charge in [0.05, 0.1) is 21.6 Å². The fourth-order valence-electron chi connectivity index (χ4n) is 2.44. The Bertz CT molecular complexity index is 852. The Morgan fingerprint density at radius 3 is 2.28 bits per heavy atom. The van der Waals surface area contributed by atoms with Crippen molar-refractivity contribution in [1.29, 1.82) is 0 Å². The Kier molecular flexibility index (Phi) is 10.4. The van der Waals surface area contributed by atoms with Crippen molar-refractivity contribution in [3.05, 3.63) is 50.8 Å². The van der Waals surface area contributed by atoms with Crippen molar-refractivity contribution >= 4 is 40.6 Å². The second-order valence-electron chi connectivity index (χ2n) is 6.30. The molecule has 0 aliphatic rings. The minimum absolute atomic E-state index is 0.0356. The molecule has 0 radical (unpaired) electrons. The van der Waals surface area contributed by atoms with Gasteiger partial charge in [-0.05, 0) is 38.3 Å². The van der Waals surface area contributed by atoms with E-state index in [1.807, 2.05) is 0 Å². The highest BCUT2D eigenvalue weighted by molar-refractivity contribution is 6.35. The lowest BCUT2D eigenvalue weighted by Crippen LogP contribution is -2.26. The minimum atomic E-state index is -1.03. The number of nitro groups is 1. The summed E-state index contributed by atoms with van der Waals surface area (Å²) in [4.78, 5) is 34.2. The number of ketones is 1. The van der Waals surface area contributed by atoms with Crippen LogP contribution in [0.15, 0.2) is 30.6 Å². The molecular formula is C19H22Cl2N3O5-. The molecule has 0 saturated carbocycles. The smallest absolute Gasteiger partial charge is 0.295 e. The van der Waals surface area contributed by atoms with E-state index < -0.39 is 16.9 Å². The van der Waals surface area contributed by atoms with E-state index in [-0.39, 0.29) is 22.9 Å². The Balaban J connectivity index is 0.000000298. The van der Waals surface area contributed by atoms with Crippen molar-refractivity contribution in [2.24, 2.45) is 5.73 Å². The number of hydrogen-bond acceptors (Lipinski definition) is 6. The van der Waals surface area contributed by atoms with Crippen LogP contribution in [0, 0.1) is 10.1 Å². The lowest BCUT2D eigenvalue weighted by Gasteiger charge is -2.04. The minimum Gasteiger partial charge on any atom is -0.550 e. The first-order chi connectivity index (χ1) is 13.6. The van der Waals surface area contributed by atoms with Gasteiger partial charge < -0.3 is 20.6 Å². The van der Waals surface area contributed by atoms with E-state index in [2.05, 4.69) is 4.98 Å². The van der Waals surface area contributed by atoms with Gasteiger partial charge in [-0.15, -0.1) is 0 Å². The first-order valence-corrected chi connectivity index (χ1v) is 9.64. The molecule has 1 heterocycles. The van der Waals surface area contributed by atoms with Crippen LogP contribution < -0.4 is 10.8 Å². The van der Waals surface area contributed by atoms with Gasteiger partial charge in [0.1, 0.15) is 10.8 Å². The number of unbranched alkanes of at least 4 members (excludes halogenated alkanes) is 2. The number of carbonyl (C=O) groups is 2. The average molecular weight is 443 g/mol. The number of Topliss-reactive ketones (excluding diaryl/α,β-unsaturated/α-hetero) is 1. The number of carboxylic acid groups (broad SMARTS) is 1. The highest BCUT2D eigenvalue weighted by atomic mass is 35.5. The summed E-state index contributed by atoms with van der Waals surface area (Å²) >= 11 is 11.7. The number of rotatable bonds is 9. The predicted molar refractivity (Wildman–Crippen MR) is 110 cm³/mol. The summed E-state index contributed by atoms with van der Waals surface area (Å²) < 4.78 is 0. The zero-order chi connectivity index (χ0) is 22.0. The van der Waals surface area contributed by atoms with Crippen LogP contribution in [0.1, 0.15) is 39.0 Å². The van der Waals surface area contributed by atoms with E-state index >= 15 is 0 Å². The monoisotopic (exact) mass is 442 g/mol. The average Bonchev–Trinajstić information content (AvgIpc) is 3.06. The quantitative estimate of drug-likeness (QED) is 0.345. The van der Waals surface area contributed by atoms with Crippen LogP contribution in [-0.2, 0) is 9.59 Å². The molecule has 158 valence electrons. The van der Waals surface area contributed by atoms with Crippen LogP contribution in [0.2, 0.25) is 10.0 Å². The van der Waals surface area contributed by atoms with Crippen LogP contribution >= 0.6 is 23.2 Å². The molecular weight excluding hydrogens is 421 g/mol. The van der Waals surface area contributed by atoms with E-state index in [9.17, 15) is 24.8 Å². The summed E-state index contributed by atoms with van der Waals surface area (Å²) in [6.45, 7) is 1.66. The molecule has 1 aromatic carbocycles. The number of hydrogen-bond donors (Lipinski definition) is 2. The van der Waals surface area contributed by atoms with Gasteiger partial charge in [0.25, 0.3) is 5.69 Å². The highest BCUT2D eigenvalue weighted by Gasteiger charge is 2.21. The van der Waals surface area contributed by atoms with Crippen molar-refractivity contribution < 1.29 is 19.6 Å². The number of benzene rings is 1. The topological polar surface area (TPSA) is 142 Å². The van der Waals surface area contributed by atoms with E-state index in [0.29, 0.717) is 35.4 Å². The largest absolute Gasteiger partial charge is 0.550 e. The molecule has 0 fully saturated rings. The number of carboxylic acids is 1. The molecule has 29 heavy (non-hydrogen) atoms. The van der Waals surface area contributed by atoms with Crippen LogP contribution in [-0.4, -0.2) is 27.7 Å². The van der Waals surface area contributed by atoms with Gasteiger partial charge in [-0.3, -0.25) is 14.9 Å². The predicted octanol–water partition coefficient (Wildman–Crippen LogP) is 3.50.